The average molecular weight is 447 g/mol. The number of benzene rings is 3. The van der Waals surface area contributed by atoms with Crippen molar-refractivity contribution < 1.29 is 9.22 Å². The Balaban J connectivity index is 2.05. The SMILES string of the molecule is CC(C)(C)[Si](C)(C)OCP1(c2ccccc2)=C(c2ccccc2)C(=O)c2ccccc21. The first-order chi connectivity index (χ1) is 14.7. The zero-order chi connectivity index (χ0) is 22.3. The van der Waals surface area contributed by atoms with Gasteiger partial charge < -0.3 is 4.43 Å². The lowest BCUT2D eigenvalue weighted by molar-refractivity contribution is 0.107. The van der Waals surface area contributed by atoms with Crippen LogP contribution in [0.3, 0.4) is 0 Å². The van der Waals surface area contributed by atoms with Crippen LogP contribution in [0, 0.1) is 0 Å². The Kier molecular flexibility index (Phi) is 5.72. The van der Waals surface area contributed by atoms with Crippen LogP contribution in [-0.4, -0.2) is 25.7 Å². The van der Waals surface area contributed by atoms with E-state index < -0.39 is 15.2 Å². The molecule has 2 nitrogen and oxygen atoms in total. The van der Waals surface area contributed by atoms with Gasteiger partial charge in [-0.1, -0.05) is 106 Å². The number of fused-ring (bicyclic) bond motifs is 1. The van der Waals surface area contributed by atoms with Gasteiger partial charge in [-0.15, -0.1) is 0 Å². The predicted molar refractivity (Wildman–Crippen MR) is 137 cm³/mol. The molecule has 31 heavy (non-hydrogen) atoms. The molecule has 0 bridgehead atoms. The van der Waals surface area contributed by atoms with Crippen LogP contribution in [0.25, 0.3) is 0 Å². The number of carbonyl (C=O) groups is 1. The molecule has 1 aliphatic heterocycles. The van der Waals surface area contributed by atoms with Crippen molar-refractivity contribution in [2.75, 3.05) is 6.35 Å². The molecule has 0 fully saturated rings. The second-order valence-corrected chi connectivity index (χ2v) is 17.9. The Bertz CT molecular complexity index is 1160. The number of carbonyl (C=O) groups excluding carboxylic acids is 1. The summed E-state index contributed by atoms with van der Waals surface area (Å²) in [5.41, 5.74) is 1.84. The van der Waals surface area contributed by atoms with Crippen LogP contribution in [0.4, 0.5) is 0 Å². The zero-order valence-corrected chi connectivity index (χ0v) is 20.9. The highest BCUT2D eigenvalue weighted by Crippen LogP contribution is 2.54. The fraction of sp³-hybridized carbons (Fsp3) is 0.259. The van der Waals surface area contributed by atoms with Gasteiger partial charge in [0.05, 0.1) is 6.35 Å². The van der Waals surface area contributed by atoms with Crippen molar-refractivity contribution in [3.05, 3.63) is 96.1 Å². The van der Waals surface area contributed by atoms with Crippen molar-refractivity contribution in [2.24, 2.45) is 0 Å². The topological polar surface area (TPSA) is 26.3 Å². The van der Waals surface area contributed by atoms with Crippen molar-refractivity contribution >= 4 is 36.9 Å². The van der Waals surface area contributed by atoms with Crippen molar-refractivity contribution in [3.8, 4) is 0 Å². The van der Waals surface area contributed by atoms with E-state index in [0.29, 0.717) is 6.35 Å². The summed E-state index contributed by atoms with van der Waals surface area (Å²) in [6, 6.07) is 28.9. The maximum absolute atomic E-state index is 13.9. The van der Waals surface area contributed by atoms with Crippen molar-refractivity contribution in [2.45, 2.75) is 38.9 Å². The molecule has 0 aromatic heterocycles. The van der Waals surface area contributed by atoms with Gasteiger partial charge in [0, 0.05) is 10.9 Å². The van der Waals surface area contributed by atoms with E-state index in [9.17, 15) is 4.79 Å². The van der Waals surface area contributed by atoms with Gasteiger partial charge in [-0.2, -0.15) is 0 Å². The van der Waals surface area contributed by atoms with Crippen LogP contribution in [0.5, 0.6) is 0 Å². The minimum atomic E-state index is -2.26. The van der Waals surface area contributed by atoms with E-state index in [1.807, 2.05) is 36.4 Å². The summed E-state index contributed by atoms with van der Waals surface area (Å²) in [6.45, 7) is 9.12. The van der Waals surface area contributed by atoms with E-state index in [0.717, 1.165) is 21.7 Å². The van der Waals surface area contributed by atoms with E-state index in [4.69, 9.17) is 4.43 Å². The molecule has 1 atom stereocenters. The van der Waals surface area contributed by atoms with Crippen LogP contribution in [0.15, 0.2) is 84.9 Å². The quantitative estimate of drug-likeness (QED) is 0.352. The average Bonchev–Trinajstić information content (AvgIpc) is 3.02. The molecule has 1 aliphatic rings. The first-order valence-corrected chi connectivity index (χ1v) is 15.7. The molecule has 0 saturated heterocycles. The van der Waals surface area contributed by atoms with Crippen molar-refractivity contribution in [1.82, 2.24) is 0 Å². The number of hydrogen-bond acceptors (Lipinski definition) is 2. The molecular formula is C27H31O2PSi. The molecule has 0 amide bonds. The first kappa shape index (κ1) is 22.0. The Labute approximate surface area is 187 Å². The second kappa shape index (κ2) is 8.06. The lowest BCUT2D eigenvalue weighted by atomic mass is 10.0. The van der Waals surface area contributed by atoms with Gasteiger partial charge in [0.25, 0.3) is 0 Å². The van der Waals surface area contributed by atoms with E-state index >= 15 is 0 Å². The molecule has 0 spiro atoms. The molecule has 0 saturated carbocycles. The van der Waals surface area contributed by atoms with E-state index in [1.54, 1.807) is 0 Å². The standard InChI is InChI=1S/C27H31O2PSi/c1-27(2,3)31(4,5)29-20-30(22-16-10-7-11-17-22)24-19-13-12-18-23(24)25(28)26(30)21-14-8-6-9-15-21/h6-19H,20H2,1-5H3. The highest BCUT2D eigenvalue weighted by molar-refractivity contribution is 7.92. The zero-order valence-electron chi connectivity index (χ0n) is 19.1. The molecule has 3 aromatic carbocycles. The molecule has 3 aromatic rings. The maximum atomic E-state index is 13.9. The van der Waals surface area contributed by atoms with Crippen LogP contribution in [0.1, 0.15) is 36.7 Å². The van der Waals surface area contributed by atoms with Gasteiger partial charge in [0.1, 0.15) is 0 Å². The van der Waals surface area contributed by atoms with Crippen molar-refractivity contribution in [3.63, 3.8) is 0 Å². The summed E-state index contributed by atoms with van der Waals surface area (Å²) in [5.74, 6) is 0.151. The monoisotopic (exact) mass is 446 g/mol. The molecular weight excluding hydrogens is 415 g/mol. The molecule has 0 aliphatic carbocycles. The minimum Gasteiger partial charge on any atom is -0.412 e. The Hall–Kier alpha value is -2.19. The third-order valence-corrected chi connectivity index (χ3v) is 15.7. The largest absolute Gasteiger partial charge is 0.412 e. The van der Waals surface area contributed by atoms with E-state index in [1.165, 1.54) is 5.30 Å². The summed E-state index contributed by atoms with van der Waals surface area (Å²) < 4.78 is 6.91. The van der Waals surface area contributed by atoms with E-state index in [2.05, 4.69) is 82.4 Å². The molecule has 4 rings (SSSR count). The third kappa shape index (κ3) is 3.69. The van der Waals surface area contributed by atoms with Crippen LogP contribution in [-0.2, 0) is 4.43 Å². The summed E-state index contributed by atoms with van der Waals surface area (Å²) in [4.78, 5) is 13.9. The van der Waals surface area contributed by atoms with Gasteiger partial charge in [0.15, 0.2) is 14.1 Å². The van der Waals surface area contributed by atoms with Gasteiger partial charge in [-0.3, -0.25) is 4.79 Å². The normalized spacial score (nSPS) is 18.9. The van der Waals surface area contributed by atoms with E-state index in [-0.39, 0.29) is 10.8 Å². The second-order valence-electron chi connectivity index (χ2n) is 9.74. The van der Waals surface area contributed by atoms with Crippen LogP contribution < -0.4 is 10.6 Å². The first-order valence-electron chi connectivity index (χ1n) is 10.8. The predicted octanol–water partition coefficient (Wildman–Crippen LogP) is 6.05. The van der Waals surface area contributed by atoms with Crippen LogP contribution >= 0.6 is 6.89 Å². The van der Waals surface area contributed by atoms with Gasteiger partial charge >= 0.3 is 0 Å². The molecule has 1 unspecified atom stereocenters. The summed E-state index contributed by atoms with van der Waals surface area (Å²) in [6.07, 6.45) is 0.570. The summed E-state index contributed by atoms with van der Waals surface area (Å²) in [5, 5.41) is 3.40. The highest BCUT2D eigenvalue weighted by Gasteiger charge is 2.44. The summed E-state index contributed by atoms with van der Waals surface area (Å²) in [7, 11) is -2.02. The number of Topliss-reactive ketones (excluding diaryl/α,β-unsaturated/α-hetero) is 1. The smallest absolute Gasteiger partial charge is 0.195 e. The van der Waals surface area contributed by atoms with Gasteiger partial charge in [-0.05, 0) is 41.2 Å². The number of rotatable bonds is 5. The fourth-order valence-electron chi connectivity index (χ4n) is 4.00. The maximum Gasteiger partial charge on any atom is 0.195 e. The fourth-order valence-corrected chi connectivity index (χ4v) is 10.4. The van der Waals surface area contributed by atoms with Crippen molar-refractivity contribution in [1.29, 1.82) is 0 Å². The lowest BCUT2D eigenvalue weighted by Gasteiger charge is -2.39. The molecule has 0 N–H and O–H groups in total. The molecule has 160 valence electrons. The van der Waals surface area contributed by atoms with Crippen LogP contribution in [0.2, 0.25) is 18.1 Å². The number of ketones is 1. The molecule has 1 heterocycles. The highest BCUT2D eigenvalue weighted by atomic mass is 31.2. The Morgan fingerprint density at radius 3 is 1.97 bits per heavy atom. The van der Waals surface area contributed by atoms with Gasteiger partial charge in [-0.25, -0.2) is 0 Å². The molecule has 0 radical (unpaired) electrons. The Morgan fingerprint density at radius 2 is 1.35 bits per heavy atom. The van der Waals surface area contributed by atoms with Gasteiger partial charge in [0.2, 0.25) is 0 Å². The molecule has 4 heteroatoms. The Morgan fingerprint density at radius 1 is 0.806 bits per heavy atom. The number of hydrogen-bond donors (Lipinski definition) is 0. The minimum absolute atomic E-state index is 0.101. The lowest BCUT2D eigenvalue weighted by Crippen LogP contribution is -2.42. The summed E-state index contributed by atoms with van der Waals surface area (Å²) >= 11 is 0. The third-order valence-electron chi connectivity index (χ3n) is 6.83.